The second kappa shape index (κ2) is 5.00. The van der Waals surface area contributed by atoms with Gasteiger partial charge in [0.05, 0.1) is 5.92 Å². The van der Waals surface area contributed by atoms with Crippen LogP contribution >= 0.6 is 0 Å². The molecule has 0 saturated heterocycles. The van der Waals surface area contributed by atoms with Crippen LogP contribution in [0, 0.1) is 17.3 Å². The Hall–Kier alpha value is -0.830. The molecule has 0 aliphatic heterocycles. The van der Waals surface area contributed by atoms with Gasteiger partial charge in [0.1, 0.15) is 0 Å². The van der Waals surface area contributed by atoms with Crippen molar-refractivity contribution in [2.75, 3.05) is 13.2 Å². The smallest absolute Gasteiger partial charge is 0.224 e. The van der Waals surface area contributed by atoms with Crippen LogP contribution in [-0.2, 0) is 4.79 Å². The zero-order valence-corrected chi connectivity index (χ0v) is 10.7. The highest BCUT2D eigenvalue weighted by Gasteiger charge is 2.60. The highest BCUT2D eigenvalue weighted by molar-refractivity contribution is 5.83. The number of aliphatic hydroxyl groups is 1. The average molecular weight is 225 g/mol. The van der Waals surface area contributed by atoms with E-state index >= 15 is 0 Å². The molecular weight excluding hydrogens is 202 g/mol. The number of carbonyl (C=O) groups is 1. The van der Waals surface area contributed by atoms with Crippen molar-refractivity contribution in [3.05, 3.63) is 11.6 Å². The molecule has 0 aromatic heterocycles. The Morgan fingerprint density at radius 2 is 2.06 bits per heavy atom. The van der Waals surface area contributed by atoms with E-state index < -0.39 is 0 Å². The van der Waals surface area contributed by atoms with Crippen molar-refractivity contribution in [2.24, 2.45) is 17.3 Å². The Morgan fingerprint density at radius 3 is 2.56 bits per heavy atom. The van der Waals surface area contributed by atoms with Gasteiger partial charge in [-0.2, -0.15) is 0 Å². The second-order valence-corrected chi connectivity index (χ2v) is 5.44. The number of allylic oxidation sites excluding steroid dienone is 2. The molecule has 0 heterocycles. The normalized spacial score (nSPS) is 26.1. The van der Waals surface area contributed by atoms with Crippen LogP contribution in [0.2, 0.25) is 0 Å². The van der Waals surface area contributed by atoms with E-state index in [-0.39, 0.29) is 23.8 Å². The highest BCUT2D eigenvalue weighted by atomic mass is 16.3. The Balaban J connectivity index is 2.49. The van der Waals surface area contributed by atoms with Crippen LogP contribution in [0.5, 0.6) is 0 Å². The summed E-state index contributed by atoms with van der Waals surface area (Å²) in [4.78, 5) is 11.9. The van der Waals surface area contributed by atoms with Gasteiger partial charge in [-0.15, -0.1) is 0 Å². The summed E-state index contributed by atoms with van der Waals surface area (Å²) in [5.41, 5.74) is 1.35. The Morgan fingerprint density at radius 1 is 1.44 bits per heavy atom. The van der Waals surface area contributed by atoms with Crippen molar-refractivity contribution in [1.82, 2.24) is 5.32 Å². The Kier molecular flexibility index (Phi) is 4.14. The predicted octanol–water partition coefficient (Wildman–Crippen LogP) is 1.72. The maximum absolute atomic E-state index is 11.9. The first-order chi connectivity index (χ1) is 7.41. The molecule has 0 bridgehead atoms. The summed E-state index contributed by atoms with van der Waals surface area (Å²) in [7, 11) is 0. The lowest BCUT2D eigenvalue weighted by Gasteiger charge is -2.04. The largest absolute Gasteiger partial charge is 0.396 e. The van der Waals surface area contributed by atoms with Gasteiger partial charge in [0.25, 0.3) is 0 Å². The SMILES string of the molecule is CC(C)=C[C@H]1[C@H](C(=O)NCCCO)C1(C)C. The summed E-state index contributed by atoms with van der Waals surface area (Å²) < 4.78 is 0. The van der Waals surface area contributed by atoms with Crippen molar-refractivity contribution in [3.8, 4) is 0 Å². The molecule has 0 spiro atoms. The molecule has 1 fully saturated rings. The molecule has 0 aromatic rings. The summed E-state index contributed by atoms with van der Waals surface area (Å²) in [6, 6.07) is 0. The minimum atomic E-state index is 0.0839. The molecule has 2 N–H and O–H groups in total. The minimum absolute atomic E-state index is 0.0839. The van der Waals surface area contributed by atoms with Crippen molar-refractivity contribution in [3.63, 3.8) is 0 Å². The summed E-state index contributed by atoms with van der Waals surface area (Å²) in [5, 5.41) is 11.5. The summed E-state index contributed by atoms with van der Waals surface area (Å²) in [6.45, 7) is 9.10. The maximum atomic E-state index is 11.9. The van der Waals surface area contributed by atoms with Gasteiger partial charge >= 0.3 is 0 Å². The van der Waals surface area contributed by atoms with E-state index in [1.165, 1.54) is 5.57 Å². The molecule has 1 saturated carbocycles. The average Bonchev–Trinajstić information content (AvgIpc) is 2.67. The van der Waals surface area contributed by atoms with Gasteiger partial charge < -0.3 is 10.4 Å². The van der Waals surface area contributed by atoms with Crippen LogP contribution in [0.25, 0.3) is 0 Å². The van der Waals surface area contributed by atoms with Gasteiger partial charge in [-0.3, -0.25) is 4.79 Å². The molecule has 2 atom stereocenters. The Labute approximate surface area is 97.9 Å². The van der Waals surface area contributed by atoms with Crippen LogP contribution in [-0.4, -0.2) is 24.2 Å². The van der Waals surface area contributed by atoms with Gasteiger partial charge in [-0.25, -0.2) is 0 Å². The number of amides is 1. The first-order valence-electron chi connectivity index (χ1n) is 5.95. The molecular formula is C13H23NO2. The van der Waals surface area contributed by atoms with Gasteiger partial charge in [0.15, 0.2) is 0 Å². The van der Waals surface area contributed by atoms with Crippen LogP contribution in [0.15, 0.2) is 11.6 Å². The van der Waals surface area contributed by atoms with Crippen molar-refractivity contribution >= 4 is 5.91 Å². The third-order valence-corrected chi connectivity index (χ3v) is 3.34. The molecule has 16 heavy (non-hydrogen) atoms. The fourth-order valence-corrected chi connectivity index (χ4v) is 2.25. The molecule has 0 radical (unpaired) electrons. The van der Waals surface area contributed by atoms with E-state index in [9.17, 15) is 4.79 Å². The van der Waals surface area contributed by atoms with Crippen molar-refractivity contribution in [1.29, 1.82) is 0 Å². The fourth-order valence-electron chi connectivity index (χ4n) is 2.25. The van der Waals surface area contributed by atoms with Crippen molar-refractivity contribution < 1.29 is 9.90 Å². The number of carbonyl (C=O) groups excluding carboxylic acids is 1. The molecule has 3 heteroatoms. The molecule has 92 valence electrons. The fraction of sp³-hybridized carbons (Fsp3) is 0.769. The number of rotatable bonds is 5. The van der Waals surface area contributed by atoms with E-state index in [1.54, 1.807) is 0 Å². The standard InChI is InChI=1S/C13H23NO2/c1-9(2)8-10-11(13(10,3)4)12(16)14-6-5-7-15/h8,10-11,15H,5-7H2,1-4H3,(H,14,16)/t10-,11+/m0/s1. The van der Waals surface area contributed by atoms with E-state index in [0.717, 1.165) is 0 Å². The van der Waals surface area contributed by atoms with Gasteiger partial charge in [0.2, 0.25) is 5.91 Å². The van der Waals surface area contributed by atoms with Crippen LogP contribution in [0.1, 0.15) is 34.1 Å². The molecule has 0 aromatic carbocycles. The number of aliphatic hydroxyl groups excluding tert-OH is 1. The zero-order chi connectivity index (χ0) is 12.3. The molecule has 1 rings (SSSR count). The van der Waals surface area contributed by atoms with Crippen LogP contribution in [0.3, 0.4) is 0 Å². The molecule has 1 aliphatic rings. The number of hydrogen-bond donors (Lipinski definition) is 2. The summed E-state index contributed by atoms with van der Waals surface area (Å²) in [5.74, 6) is 0.591. The van der Waals surface area contributed by atoms with Crippen LogP contribution < -0.4 is 5.32 Å². The second-order valence-electron chi connectivity index (χ2n) is 5.44. The first kappa shape index (κ1) is 13.2. The van der Waals surface area contributed by atoms with Gasteiger partial charge in [-0.05, 0) is 31.6 Å². The zero-order valence-electron chi connectivity index (χ0n) is 10.7. The van der Waals surface area contributed by atoms with E-state index in [1.807, 2.05) is 0 Å². The maximum Gasteiger partial charge on any atom is 0.224 e. The lowest BCUT2D eigenvalue weighted by molar-refractivity contribution is -0.123. The highest BCUT2D eigenvalue weighted by Crippen LogP contribution is 2.59. The first-order valence-corrected chi connectivity index (χ1v) is 5.95. The monoisotopic (exact) mass is 225 g/mol. The van der Waals surface area contributed by atoms with Crippen molar-refractivity contribution in [2.45, 2.75) is 34.1 Å². The van der Waals surface area contributed by atoms with Gasteiger partial charge in [0, 0.05) is 13.2 Å². The van der Waals surface area contributed by atoms with E-state index in [2.05, 4.69) is 39.1 Å². The molecule has 1 amide bonds. The summed E-state index contributed by atoms with van der Waals surface area (Å²) >= 11 is 0. The number of nitrogens with one attached hydrogen (secondary N) is 1. The lowest BCUT2D eigenvalue weighted by Crippen LogP contribution is -2.28. The van der Waals surface area contributed by atoms with E-state index in [4.69, 9.17) is 5.11 Å². The molecule has 1 aliphatic carbocycles. The lowest BCUT2D eigenvalue weighted by atomic mass is 10.1. The quantitative estimate of drug-likeness (QED) is 0.553. The molecule has 3 nitrogen and oxygen atoms in total. The molecule has 0 unspecified atom stereocenters. The number of hydrogen-bond acceptors (Lipinski definition) is 2. The summed E-state index contributed by atoms with van der Waals surface area (Å²) in [6.07, 6.45) is 2.82. The van der Waals surface area contributed by atoms with E-state index in [0.29, 0.717) is 18.9 Å². The van der Waals surface area contributed by atoms with Crippen LogP contribution in [0.4, 0.5) is 0 Å². The third-order valence-electron chi connectivity index (χ3n) is 3.34. The topological polar surface area (TPSA) is 49.3 Å². The third kappa shape index (κ3) is 2.85. The predicted molar refractivity (Wildman–Crippen MR) is 64.9 cm³/mol. The van der Waals surface area contributed by atoms with Gasteiger partial charge in [-0.1, -0.05) is 25.5 Å². The minimum Gasteiger partial charge on any atom is -0.396 e. The Bertz CT molecular complexity index is 290.